The Morgan fingerprint density at radius 1 is 1.35 bits per heavy atom. The molecule has 3 N–H and O–H groups in total. The number of carbonyl (C=O) groups excluding carboxylic acids is 1. The van der Waals surface area contributed by atoms with Crippen LogP contribution in [0.5, 0.6) is 0 Å². The highest BCUT2D eigenvalue weighted by Gasteiger charge is 2.16. The Morgan fingerprint density at radius 3 is 2.30 bits per heavy atom. The number of aryl methyl sites for hydroxylation is 2. The number of sulfone groups is 1. The van der Waals surface area contributed by atoms with Gasteiger partial charge in [-0.15, -0.1) is 0 Å². The zero-order valence-corrected chi connectivity index (χ0v) is 14.1. The lowest BCUT2D eigenvalue weighted by molar-refractivity contribution is -0.117. The fourth-order valence-corrected chi connectivity index (χ4v) is 2.64. The standard InChI is InChI=1S/C13H19BrN2O3S/c1-8-6-10(7-9(2)12(8)14)16-13(17)11(15)4-5-20(3,18)19/h6-7,11H,4-5,15H2,1-3H3,(H,16,17). The molecule has 5 nitrogen and oxygen atoms in total. The fraction of sp³-hybridized carbons (Fsp3) is 0.462. The van der Waals surface area contributed by atoms with Crippen LogP contribution in [0.15, 0.2) is 16.6 Å². The van der Waals surface area contributed by atoms with Crippen molar-refractivity contribution in [2.24, 2.45) is 5.73 Å². The molecule has 0 aliphatic heterocycles. The molecule has 0 saturated heterocycles. The lowest BCUT2D eigenvalue weighted by Gasteiger charge is -2.13. The van der Waals surface area contributed by atoms with Crippen LogP contribution in [-0.4, -0.2) is 32.4 Å². The summed E-state index contributed by atoms with van der Waals surface area (Å²) in [5, 5.41) is 2.71. The van der Waals surface area contributed by atoms with Gasteiger partial charge < -0.3 is 11.1 Å². The van der Waals surface area contributed by atoms with Crippen LogP contribution in [0.25, 0.3) is 0 Å². The molecule has 0 fully saturated rings. The monoisotopic (exact) mass is 362 g/mol. The highest BCUT2D eigenvalue weighted by Crippen LogP contribution is 2.25. The molecule has 1 aromatic carbocycles. The summed E-state index contributed by atoms with van der Waals surface area (Å²) in [5.74, 6) is -0.477. The molecular formula is C13H19BrN2O3S. The summed E-state index contributed by atoms with van der Waals surface area (Å²) in [6, 6.07) is 2.82. The molecular weight excluding hydrogens is 344 g/mol. The summed E-state index contributed by atoms with van der Waals surface area (Å²) in [7, 11) is -3.11. The summed E-state index contributed by atoms with van der Waals surface area (Å²) in [5.41, 5.74) is 8.36. The summed E-state index contributed by atoms with van der Waals surface area (Å²) >= 11 is 3.45. The zero-order chi connectivity index (χ0) is 15.5. The molecule has 1 aromatic rings. The molecule has 0 heterocycles. The average molecular weight is 363 g/mol. The Labute approximate surface area is 128 Å². The molecule has 1 rings (SSSR count). The molecule has 20 heavy (non-hydrogen) atoms. The lowest BCUT2D eigenvalue weighted by Crippen LogP contribution is -2.37. The number of carbonyl (C=O) groups is 1. The van der Waals surface area contributed by atoms with E-state index in [1.165, 1.54) is 0 Å². The average Bonchev–Trinajstić information content (AvgIpc) is 2.31. The van der Waals surface area contributed by atoms with Crippen LogP contribution in [0, 0.1) is 13.8 Å². The lowest BCUT2D eigenvalue weighted by atomic mass is 10.1. The van der Waals surface area contributed by atoms with Gasteiger partial charge in [-0.3, -0.25) is 4.79 Å². The SMILES string of the molecule is Cc1cc(NC(=O)C(N)CCS(C)(=O)=O)cc(C)c1Br. The van der Waals surface area contributed by atoms with E-state index in [2.05, 4.69) is 21.2 Å². The molecule has 0 bridgehead atoms. The number of halogens is 1. The second-order valence-electron chi connectivity index (χ2n) is 4.94. The van der Waals surface area contributed by atoms with Crippen LogP contribution < -0.4 is 11.1 Å². The van der Waals surface area contributed by atoms with Crippen molar-refractivity contribution in [3.8, 4) is 0 Å². The van der Waals surface area contributed by atoms with Gasteiger partial charge in [0, 0.05) is 16.4 Å². The van der Waals surface area contributed by atoms with Gasteiger partial charge in [0.2, 0.25) is 5.91 Å². The van der Waals surface area contributed by atoms with Gasteiger partial charge in [0.25, 0.3) is 0 Å². The Balaban J connectivity index is 2.71. The molecule has 0 spiro atoms. The third-order valence-corrected chi connectivity index (χ3v) is 5.07. The van der Waals surface area contributed by atoms with E-state index in [1.54, 1.807) is 0 Å². The second-order valence-corrected chi connectivity index (χ2v) is 7.99. The van der Waals surface area contributed by atoms with E-state index in [9.17, 15) is 13.2 Å². The van der Waals surface area contributed by atoms with E-state index in [4.69, 9.17) is 5.73 Å². The first kappa shape index (κ1) is 17.1. The quantitative estimate of drug-likeness (QED) is 0.834. The van der Waals surface area contributed by atoms with E-state index in [0.29, 0.717) is 5.69 Å². The number of benzene rings is 1. The molecule has 1 amide bonds. The van der Waals surface area contributed by atoms with Gasteiger partial charge in [0.1, 0.15) is 9.84 Å². The number of rotatable bonds is 5. The van der Waals surface area contributed by atoms with Crippen molar-refractivity contribution >= 4 is 37.4 Å². The van der Waals surface area contributed by atoms with Crippen LogP contribution in [0.2, 0.25) is 0 Å². The second kappa shape index (κ2) is 6.69. The minimum Gasteiger partial charge on any atom is -0.325 e. The van der Waals surface area contributed by atoms with Crippen molar-refractivity contribution in [1.82, 2.24) is 0 Å². The molecule has 7 heteroatoms. The number of anilines is 1. The first-order chi connectivity index (χ1) is 9.10. The molecule has 0 radical (unpaired) electrons. The summed E-state index contributed by atoms with van der Waals surface area (Å²) < 4.78 is 23.1. The topological polar surface area (TPSA) is 89.3 Å². The fourth-order valence-electron chi connectivity index (χ4n) is 1.73. The third kappa shape index (κ3) is 5.22. The number of nitrogens with two attached hydrogens (primary N) is 1. The van der Waals surface area contributed by atoms with Crippen molar-refractivity contribution in [1.29, 1.82) is 0 Å². The Bertz CT molecular complexity index is 591. The molecule has 0 aliphatic rings. The normalized spacial score (nSPS) is 13.1. The molecule has 1 atom stereocenters. The predicted octanol–water partition coefficient (Wildman–Crippen LogP) is 1.77. The van der Waals surface area contributed by atoms with Gasteiger partial charge in [0.05, 0.1) is 11.8 Å². The van der Waals surface area contributed by atoms with E-state index in [-0.39, 0.29) is 18.1 Å². The maximum absolute atomic E-state index is 11.9. The van der Waals surface area contributed by atoms with Crippen molar-refractivity contribution in [2.45, 2.75) is 26.3 Å². The third-order valence-electron chi connectivity index (χ3n) is 2.84. The van der Waals surface area contributed by atoms with E-state index >= 15 is 0 Å². The minimum absolute atomic E-state index is 0.0972. The van der Waals surface area contributed by atoms with Crippen molar-refractivity contribution < 1.29 is 13.2 Å². The van der Waals surface area contributed by atoms with Crippen LogP contribution >= 0.6 is 15.9 Å². The van der Waals surface area contributed by atoms with Crippen LogP contribution in [0.4, 0.5) is 5.69 Å². The van der Waals surface area contributed by atoms with E-state index < -0.39 is 15.9 Å². The number of hydrogen-bond donors (Lipinski definition) is 2. The smallest absolute Gasteiger partial charge is 0.241 e. The van der Waals surface area contributed by atoms with Crippen molar-refractivity contribution in [3.63, 3.8) is 0 Å². The molecule has 112 valence electrons. The van der Waals surface area contributed by atoms with Gasteiger partial charge in [-0.25, -0.2) is 8.42 Å². The number of amides is 1. The Hall–Kier alpha value is -0.920. The van der Waals surface area contributed by atoms with Gasteiger partial charge in [-0.1, -0.05) is 15.9 Å². The maximum Gasteiger partial charge on any atom is 0.241 e. The summed E-state index contributed by atoms with van der Waals surface area (Å²) in [6.07, 6.45) is 1.23. The van der Waals surface area contributed by atoms with E-state index in [1.807, 2.05) is 26.0 Å². The van der Waals surface area contributed by atoms with Crippen LogP contribution in [-0.2, 0) is 14.6 Å². The van der Waals surface area contributed by atoms with Crippen molar-refractivity contribution in [3.05, 3.63) is 27.7 Å². The first-order valence-electron chi connectivity index (χ1n) is 6.11. The molecule has 0 saturated carbocycles. The Morgan fingerprint density at radius 2 is 1.85 bits per heavy atom. The van der Waals surface area contributed by atoms with Crippen molar-refractivity contribution in [2.75, 3.05) is 17.3 Å². The van der Waals surface area contributed by atoms with Gasteiger partial charge in [-0.2, -0.15) is 0 Å². The zero-order valence-electron chi connectivity index (χ0n) is 11.7. The first-order valence-corrected chi connectivity index (χ1v) is 8.96. The maximum atomic E-state index is 11.9. The molecule has 0 aromatic heterocycles. The largest absolute Gasteiger partial charge is 0.325 e. The van der Waals surface area contributed by atoms with Crippen LogP contribution in [0.1, 0.15) is 17.5 Å². The number of hydrogen-bond acceptors (Lipinski definition) is 4. The summed E-state index contributed by atoms with van der Waals surface area (Å²) in [6.45, 7) is 3.85. The highest BCUT2D eigenvalue weighted by atomic mass is 79.9. The van der Waals surface area contributed by atoms with Gasteiger partial charge in [-0.05, 0) is 43.5 Å². The molecule has 0 aliphatic carbocycles. The number of nitrogens with one attached hydrogen (secondary N) is 1. The molecule has 1 unspecified atom stereocenters. The van der Waals surface area contributed by atoms with Crippen LogP contribution in [0.3, 0.4) is 0 Å². The minimum atomic E-state index is -3.11. The van der Waals surface area contributed by atoms with E-state index in [0.717, 1.165) is 21.9 Å². The Kier molecular flexibility index (Phi) is 5.73. The summed E-state index contributed by atoms with van der Waals surface area (Å²) in [4.78, 5) is 11.9. The highest BCUT2D eigenvalue weighted by molar-refractivity contribution is 9.10. The predicted molar refractivity (Wildman–Crippen MR) is 84.5 cm³/mol. The van der Waals surface area contributed by atoms with Gasteiger partial charge >= 0.3 is 0 Å². The van der Waals surface area contributed by atoms with Gasteiger partial charge in [0.15, 0.2) is 0 Å².